The Morgan fingerprint density at radius 2 is 2.03 bits per heavy atom. The van der Waals surface area contributed by atoms with Gasteiger partial charge < -0.3 is 14.2 Å². The highest BCUT2D eigenvalue weighted by Gasteiger charge is 2.15. The molecule has 0 radical (unpaired) electrons. The molecule has 7 nitrogen and oxygen atoms in total. The minimum absolute atomic E-state index is 0.139. The highest BCUT2D eigenvalue weighted by molar-refractivity contribution is 6.32. The van der Waals surface area contributed by atoms with E-state index in [9.17, 15) is 9.59 Å². The smallest absolute Gasteiger partial charge is 0.331 e. The maximum absolute atomic E-state index is 12.2. The summed E-state index contributed by atoms with van der Waals surface area (Å²) in [5, 5.41) is 0.828. The number of hydrogen-bond acceptors (Lipinski definition) is 6. The molecule has 0 N–H and O–H groups in total. The molecular weight excluding hydrogens is 431 g/mol. The zero-order valence-electron chi connectivity index (χ0n) is 15.6. The van der Waals surface area contributed by atoms with E-state index in [-0.39, 0.29) is 12.2 Å². The average molecular weight is 447 g/mol. The number of pyridine rings is 1. The van der Waals surface area contributed by atoms with Gasteiger partial charge in [0.25, 0.3) is 5.56 Å². The summed E-state index contributed by atoms with van der Waals surface area (Å²) in [5.74, 6) is 0.453. The Morgan fingerprint density at radius 1 is 1.20 bits per heavy atom. The molecule has 30 heavy (non-hydrogen) atoms. The number of benzene rings is 1. The van der Waals surface area contributed by atoms with E-state index in [0.29, 0.717) is 51.7 Å². The Hall–Kier alpha value is -3.03. The molecule has 0 atom stereocenters. The largest absolute Gasteiger partial charge is 0.489 e. The van der Waals surface area contributed by atoms with Crippen LogP contribution in [0.3, 0.4) is 0 Å². The van der Waals surface area contributed by atoms with Gasteiger partial charge in [0.05, 0.1) is 29.0 Å². The summed E-state index contributed by atoms with van der Waals surface area (Å²) >= 11 is 12.1. The van der Waals surface area contributed by atoms with Crippen molar-refractivity contribution in [1.29, 1.82) is 0 Å². The number of carbonyl (C=O) groups is 1. The van der Waals surface area contributed by atoms with Crippen LogP contribution in [0.5, 0.6) is 11.5 Å². The van der Waals surface area contributed by atoms with Gasteiger partial charge in [-0.1, -0.05) is 23.2 Å². The summed E-state index contributed by atoms with van der Waals surface area (Å²) in [6, 6.07) is 7.96. The molecule has 9 heteroatoms. The number of nitrogens with zero attached hydrogens (tertiary/aromatic N) is 2. The Labute approximate surface area is 181 Å². The molecule has 3 aromatic rings. The van der Waals surface area contributed by atoms with Gasteiger partial charge in [-0.2, -0.15) is 0 Å². The number of rotatable bonds is 4. The molecule has 3 heterocycles. The van der Waals surface area contributed by atoms with E-state index in [1.54, 1.807) is 30.3 Å². The molecule has 4 rings (SSSR count). The number of hydrogen-bond donors (Lipinski definition) is 0. The van der Waals surface area contributed by atoms with Gasteiger partial charge in [-0.05, 0) is 35.9 Å². The first-order valence-corrected chi connectivity index (χ1v) is 9.87. The molecule has 1 aromatic carbocycles. The third-order valence-corrected chi connectivity index (χ3v) is 4.78. The Morgan fingerprint density at radius 3 is 2.90 bits per heavy atom. The van der Waals surface area contributed by atoms with Crippen molar-refractivity contribution in [2.75, 3.05) is 13.2 Å². The zero-order chi connectivity index (χ0) is 21.1. The quantitative estimate of drug-likeness (QED) is 0.446. The normalized spacial score (nSPS) is 13.4. The predicted molar refractivity (Wildman–Crippen MR) is 112 cm³/mol. The standard InChI is InChI=1S/C21H16Cl2N2O5/c22-14-3-4-18-24-15(10-19(26)25(18)11-14)12-30-20(27)5-2-13-8-16(23)21-17(9-13)28-6-1-7-29-21/h2-5,8-11H,1,6-7,12H2/b5-2+. The first-order valence-electron chi connectivity index (χ1n) is 9.11. The molecule has 0 spiro atoms. The van der Waals surface area contributed by atoms with Crippen LogP contribution in [-0.4, -0.2) is 28.6 Å². The summed E-state index contributed by atoms with van der Waals surface area (Å²) in [6.45, 7) is 0.927. The first-order chi connectivity index (χ1) is 14.5. The van der Waals surface area contributed by atoms with Crippen LogP contribution in [0.1, 0.15) is 17.7 Å². The zero-order valence-corrected chi connectivity index (χ0v) is 17.2. The van der Waals surface area contributed by atoms with Gasteiger partial charge in [-0.25, -0.2) is 9.78 Å². The fraction of sp³-hybridized carbons (Fsp3) is 0.190. The molecule has 0 saturated carbocycles. The molecule has 0 saturated heterocycles. The third-order valence-electron chi connectivity index (χ3n) is 4.28. The maximum Gasteiger partial charge on any atom is 0.331 e. The van der Waals surface area contributed by atoms with Gasteiger partial charge in [0, 0.05) is 24.8 Å². The van der Waals surface area contributed by atoms with Crippen LogP contribution in [0, 0.1) is 0 Å². The molecule has 154 valence electrons. The number of carbonyl (C=O) groups excluding carboxylic acids is 1. The fourth-order valence-electron chi connectivity index (χ4n) is 2.90. The van der Waals surface area contributed by atoms with Crippen molar-refractivity contribution in [3.63, 3.8) is 0 Å². The number of fused-ring (bicyclic) bond motifs is 2. The van der Waals surface area contributed by atoms with Crippen LogP contribution < -0.4 is 15.0 Å². The van der Waals surface area contributed by atoms with Gasteiger partial charge in [-0.15, -0.1) is 0 Å². The second-order valence-corrected chi connectivity index (χ2v) is 7.33. The van der Waals surface area contributed by atoms with Crippen LogP contribution in [0.2, 0.25) is 10.0 Å². The summed E-state index contributed by atoms with van der Waals surface area (Å²) in [6.07, 6.45) is 5.07. The third kappa shape index (κ3) is 4.58. The summed E-state index contributed by atoms with van der Waals surface area (Å²) < 4.78 is 17.7. The fourth-order valence-corrected chi connectivity index (χ4v) is 3.34. The monoisotopic (exact) mass is 446 g/mol. The van der Waals surface area contributed by atoms with E-state index in [2.05, 4.69) is 4.98 Å². The van der Waals surface area contributed by atoms with Crippen LogP contribution in [0.15, 0.2) is 47.4 Å². The summed E-state index contributed by atoms with van der Waals surface area (Å²) in [7, 11) is 0. The van der Waals surface area contributed by atoms with Crippen molar-refractivity contribution < 1.29 is 19.0 Å². The van der Waals surface area contributed by atoms with Gasteiger partial charge in [-0.3, -0.25) is 9.20 Å². The highest BCUT2D eigenvalue weighted by atomic mass is 35.5. The highest BCUT2D eigenvalue weighted by Crippen LogP contribution is 2.38. The second-order valence-electron chi connectivity index (χ2n) is 6.48. The van der Waals surface area contributed by atoms with Gasteiger partial charge in [0.1, 0.15) is 12.3 Å². The molecule has 1 aliphatic rings. The minimum atomic E-state index is -0.587. The first kappa shape index (κ1) is 20.3. The van der Waals surface area contributed by atoms with E-state index >= 15 is 0 Å². The molecule has 0 unspecified atom stereocenters. The van der Waals surface area contributed by atoms with E-state index in [0.717, 1.165) is 6.42 Å². The average Bonchev–Trinajstić information content (AvgIpc) is 2.97. The molecular formula is C21H16Cl2N2O5. The predicted octanol–water partition coefficient (Wildman–Crippen LogP) is 3.92. The van der Waals surface area contributed by atoms with E-state index in [4.69, 9.17) is 37.4 Å². The van der Waals surface area contributed by atoms with Crippen molar-refractivity contribution >= 4 is 40.9 Å². The maximum atomic E-state index is 12.2. The lowest BCUT2D eigenvalue weighted by Gasteiger charge is -2.10. The number of esters is 1. The molecule has 0 bridgehead atoms. The van der Waals surface area contributed by atoms with Gasteiger partial charge >= 0.3 is 5.97 Å². The van der Waals surface area contributed by atoms with Crippen LogP contribution in [-0.2, 0) is 16.1 Å². The van der Waals surface area contributed by atoms with Crippen molar-refractivity contribution in [2.24, 2.45) is 0 Å². The Bertz CT molecular complexity index is 1210. The van der Waals surface area contributed by atoms with Crippen LogP contribution in [0.25, 0.3) is 11.7 Å². The lowest BCUT2D eigenvalue weighted by molar-refractivity contribution is -0.139. The molecule has 0 fully saturated rings. The van der Waals surface area contributed by atoms with Crippen molar-refractivity contribution in [2.45, 2.75) is 13.0 Å². The summed E-state index contributed by atoms with van der Waals surface area (Å²) in [4.78, 5) is 28.5. The van der Waals surface area contributed by atoms with Crippen molar-refractivity contribution in [1.82, 2.24) is 9.38 Å². The van der Waals surface area contributed by atoms with Gasteiger partial charge in [0.2, 0.25) is 0 Å². The van der Waals surface area contributed by atoms with Crippen LogP contribution in [0.4, 0.5) is 0 Å². The molecule has 0 amide bonds. The molecule has 1 aliphatic heterocycles. The lowest BCUT2D eigenvalue weighted by atomic mass is 10.2. The SMILES string of the molecule is O=C(/C=C/c1cc(Cl)c2c(c1)OCCCO2)OCc1cc(=O)n2cc(Cl)ccc2n1. The van der Waals surface area contributed by atoms with Crippen LogP contribution >= 0.6 is 23.2 Å². The second kappa shape index (κ2) is 8.77. The van der Waals surface area contributed by atoms with E-state index in [1.807, 2.05) is 0 Å². The van der Waals surface area contributed by atoms with Gasteiger partial charge in [0.15, 0.2) is 11.5 Å². The molecule has 0 aliphatic carbocycles. The Kier molecular flexibility index (Phi) is 5.92. The van der Waals surface area contributed by atoms with E-state index < -0.39 is 5.97 Å². The lowest BCUT2D eigenvalue weighted by Crippen LogP contribution is -2.16. The Balaban J connectivity index is 1.44. The number of ether oxygens (including phenoxy) is 3. The van der Waals surface area contributed by atoms with E-state index in [1.165, 1.54) is 22.7 Å². The topological polar surface area (TPSA) is 79.1 Å². The van der Waals surface area contributed by atoms with Crippen molar-refractivity contribution in [3.05, 3.63) is 74.3 Å². The number of halogens is 2. The molecule has 2 aromatic heterocycles. The minimum Gasteiger partial charge on any atom is -0.489 e. The van der Waals surface area contributed by atoms with Crippen molar-refractivity contribution in [3.8, 4) is 11.5 Å². The number of aromatic nitrogens is 2. The summed E-state index contributed by atoms with van der Waals surface area (Å²) in [5.41, 5.74) is 1.10.